The Kier molecular flexibility index (Phi) is 8.37. The molecule has 0 radical (unpaired) electrons. The summed E-state index contributed by atoms with van der Waals surface area (Å²) in [5.74, 6) is -5.81. The van der Waals surface area contributed by atoms with Crippen molar-refractivity contribution in [2.75, 3.05) is 0 Å². The number of ketones is 3. The minimum absolute atomic E-state index is 0.00248. The van der Waals surface area contributed by atoms with Gasteiger partial charge in [0.05, 0.1) is 40.6 Å². The topological polar surface area (TPSA) is 208 Å². The lowest BCUT2D eigenvalue weighted by molar-refractivity contribution is -0.216. The number of Topliss-reactive ketones (excluding diaryl/α,β-unsaturated/α-hetero) is 3. The lowest BCUT2D eigenvalue weighted by Gasteiger charge is -2.43. The molecule has 0 amide bonds. The number of aromatic hydroxyl groups is 1. The van der Waals surface area contributed by atoms with Crippen LogP contribution in [0.1, 0.15) is 79.1 Å². The van der Waals surface area contributed by atoms with Gasteiger partial charge >= 0.3 is 11.9 Å². The molecular formula is C35H31NO12. The number of aliphatic carboxylic acids is 1. The fourth-order valence-corrected chi connectivity index (χ4v) is 6.55. The van der Waals surface area contributed by atoms with Crippen molar-refractivity contribution in [3.05, 3.63) is 99.2 Å². The van der Waals surface area contributed by atoms with Crippen molar-refractivity contribution in [3.8, 4) is 11.5 Å². The van der Waals surface area contributed by atoms with Gasteiger partial charge in [0.2, 0.25) is 17.9 Å². The van der Waals surface area contributed by atoms with E-state index in [1.165, 1.54) is 53.4 Å². The molecule has 3 aliphatic rings. The highest BCUT2D eigenvalue weighted by Crippen LogP contribution is 2.50. The molecule has 2 aliphatic heterocycles. The maximum Gasteiger partial charge on any atom is 0.372 e. The average molecular weight is 658 g/mol. The van der Waals surface area contributed by atoms with E-state index < -0.39 is 66.4 Å². The van der Waals surface area contributed by atoms with Crippen LogP contribution in [0.2, 0.25) is 0 Å². The number of aromatic carboxylic acids is 1. The van der Waals surface area contributed by atoms with Crippen LogP contribution in [0.25, 0.3) is 5.57 Å². The molecule has 1 aliphatic carbocycles. The molecule has 13 heteroatoms. The van der Waals surface area contributed by atoms with Gasteiger partial charge in [-0.1, -0.05) is 30.3 Å². The molecule has 5 N–H and O–H groups in total. The molecule has 0 spiro atoms. The molecule has 1 fully saturated rings. The number of fused-ring (bicyclic) bond motifs is 3. The van der Waals surface area contributed by atoms with Gasteiger partial charge in [0, 0.05) is 30.5 Å². The highest BCUT2D eigenvalue weighted by molar-refractivity contribution is 6.42. The van der Waals surface area contributed by atoms with Crippen LogP contribution in [0, 0.1) is 6.92 Å². The van der Waals surface area contributed by atoms with Crippen molar-refractivity contribution in [3.63, 3.8) is 0 Å². The van der Waals surface area contributed by atoms with Gasteiger partial charge in [0.15, 0.2) is 5.78 Å². The molecule has 248 valence electrons. The van der Waals surface area contributed by atoms with Crippen LogP contribution >= 0.6 is 0 Å². The first-order valence-corrected chi connectivity index (χ1v) is 15.1. The van der Waals surface area contributed by atoms with Crippen LogP contribution in [0.5, 0.6) is 11.5 Å². The predicted octanol–water partition coefficient (Wildman–Crippen LogP) is 3.03. The Morgan fingerprint density at radius 2 is 1.69 bits per heavy atom. The SMILES string of the molecule is Cc1cc(O)c2c(c1)[C@H](CC(=O)C(=O)O)N(Cc1ccc(C(=O)O)cc1)C1=C2C(=O)c2cccc(O[C@H]3C[C@@H](O)[C@@H](O)[C@H](C)O3)c2C1=O. The molecule has 0 bridgehead atoms. The van der Waals surface area contributed by atoms with E-state index in [4.69, 9.17) is 9.47 Å². The minimum atomic E-state index is -1.71. The fraction of sp³-hybridized carbons (Fsp3) is 0.286. The van der Waals surface area contributed by atoms with E-state index in [0.717, 1.165) is 0 Å². The number of allylic oxidation sites excluding steroid dienone is 2. The first-order valence-electron chi connectivity index (χ1n) is 15.1. The summed E-state index contributed by atoms with van der Waals surface area (Å²) in [6.07, 6.45) is -5.00. The summed E-state index contributed by atoms with van der Waals surface area (Å²) in [7, 11) is 0. The van der Waals surface area contributed by atoms with E-state index in [1.807, 2.05) is 0 Å². The van der Waals surface area contributed by atoms with Crippen LogP contribution in [-0.2, 0) is 20.9 Å². The number of aliphatic hydroxyl groups is 2. The molecule has 1 saturated heterocycles. The third-order valence-corrected chi connectivity index (χ3v) is 8.85. The Balaban J connectivity index is 1.53. The third-order valence-electron chi connectivity index (χ3n) is 8.85. The van der Waals surface area contributed by atoms with Gasteiger partial charge in [-0.05, 0) is 54.8 Å². The number of carboxylic acid groups (broad SMARTS) is 2. The monoisotopic (exact) mass is 657 g/mol. The van der Waals surface area contributed by atoms with Crippen molar-refractivity contribution < 1.29 is 59.0 Å². The summed E-state index contributed by atoms with van der Waals surface area (Å²) in [6.45, 7) is 3.06. The Morgan fingerprint density at radius 1 is 0.979 bits per heavy atom. The standard InChI is InChI=1S/C35H31NO12/c1-15-10-20-21(12-24(39)35(45)46)36(14-17-6-8-18(9-7-17)34(43)44)30-29(27(20)22(37)11-15)32(41)19-4-3-5-25(28(19)33(30)42)48-26-13-23(38)31(40)16(2)47-26/h3-11,16,21,23,26,31,37-38,40H,12-14H2,1-2H3,(H,43,44)(H,45,46)/t16-,21-,23+,26-,31-/m0/s1. The molecule has 3 aromatic carbocycles. The molecule has 3 aromatic rings. The van der Waals surface area contributed by atoms with Crippen LogP contribution in [-0.4, -0.2) is 84.3 Å². The van der Waals surface area contributed by atoms with Crippen molar-refractivity contribution in [1.29, 1.82) is 0 Å². The first-order chi connectivity index (χ1) is 22.8. The van der Waals surface area contributed by atoms with Crippen LogP contribution in [0.4, 0.5) is 0 Å². The Hall–Kier alpha value is -5.37. The lowest BCUT2D eigenvalue weighted by atomic mass is 9.76. The molecule has 0 unspecified atom stereocenters. The molecular weight excluding hydrogens is 626 g/mol. The largest absolute Gasteiger partial charge is 0.507 e. The van der Waals surface area contributed by atoms with Gasteiger partial charge in [-0.3, -0.25) is 14.4 Å². The summed E-state index contributed by atoms with van der Waals surface area (Å²) in [5, 5.41) is 50.6. The third kappa shape index (κ3) is 5.61. The quantitative estimate of drug-likeness (QED) is 0.221. The molecule has 2 heterocycles. The maximum absolute atomic E-state index is 14.7. The van der Waals surface area contributed by atoms with E-state index in [2.05, 4.69) is 0 Å². The zero-order chi connectivity index (χ0) is 34.6. The molecule has 5 atom stereocenters. The highest BCUT2D eigenvalue weighted by Gasteiger charge is 2.47. The number of nitrogens with zero attached hydrogens (tertiary/aromatic N) is 1. The number of carboxylic acids is 2. The smallest absolute Gasteiger partial charge is 0.372 e. The second kappa shape index (κ2) is 12.3. The second-order valence-corrected chi connectivity index (χ2v) is 12.1. The van der Waals surface area contributed by atoms with Crippen LogP contribution in [0.3, 0.4) is 0 Å². The predicted molar refractivity (Wildman–Crippen MR) is 165 cm³/mol. The highest BCUT2D eigenvalue weighted by atomic mass is 16.7. The second-order valence-electron chi connectivity index (χ2n) is 12.1. The number of aliphatic hydroxyl groups excluding tert-OH is 2. The molecule has 0 saturated carbocycles. The summed E-state index contributed by atoms with van der Waals surface area (Å²) in [4.78, 5) is 66.6. The van der Waals surface area contributed by atoms with Gasteiger partial charge in [-0.15, -0.1) is 0 Å². The van der Waals surface area contributed by atoms with E-state index in [1.54, 1.807) is 19.9 Å². The summed E-state index contributed by atoms with van der Waals surface area (Å²) in [5.41, 5.74) is 0.720. The summed E-state index contributed by atoms with van der Waals surface area (Å²) < 4.78 is 11.7. The number of carbonyl (C=O) groups is 5. The van der Waals surface area contributed by atoms with E-state index in [-0.39, 0.29) is 63.6 Å². The average Bonchev–Trinajstić information content (AvgIpc) is 3.03. The Labute approximate surface area is 273 Å². The van der Waals surface area contributed by atoms with Crippen molar-refractivity contribution >= 4 is 34.9 Å². The molecule has 13 nitrogen and oxygen atoms in total. The van der Waals surface area contributed by atoms with Crippen LogP contribution < -0.4 is 4.74 Å². The van der Waals surface area contributed by atoms with Crippen molar-refractivity contribution in [2.24, 2.45) is 0 Å². The Bertz CT molecular complexity index is 1900. The molecule has 48 heavy (non-hydrogen) atoms. The number of hydrogen-bond donors (Lipinski definition) is 5. The van der Waals surface area contributed by atoms with Gasteiger partial charge in [-0.2, -0.15) is 0 Å². The number of rotatable bonds is 8. The van der Waals surface area contributed by atoms with E-state index in [0.29, 0.717) is 11.1 Å². The fourth-order valence-electron chi connectivity index (χ4n) is 6.55. The number of aryl methyl sites for hydroxylation is 1. The van der Waals surface area contributed by atoms with E-state index in [9.17, 15) is 49.5 Å². The summed E-state index contributed by atoms with van der Waals surface area (Å²) in [6, 6.07) is 11.9. The van der Waals surface area contributed by atoms with Crippen molar-refractivity contribution in [2.45, 2.75) is 63.9 Å². The van der Waals surface area contributed by atoms with Gasteiger partial charge < -0.3 is 39.9 Å². The van der Waals surface area contributed by atoms with Gasteiger partial charge in [0.1, 0.15) is 17.6 Å². The number of phenols is 1. The number of ether oxygens (including phenoxy) is 2. The molecule has 6 rings (SSSR count). The van der Waals surface area contributed by atoms with Gasteiger partial charge in [-0.25, -0.2) is 9.59 Å². The normalized spacial score (nSPS) is 23.2. The number of carbonyl (C=O) groups excluding carboxylic acids is 3. The Morgan fingerprint density at radius 3 is 2.33 bits per heavy atom. The van der Waals surface area contributed by atoms with Crippen LogP contribution in [0.15, 0.2) is 60.3 Å². The zero-order valence-corrected chi connectivity index (χ0v) is 25.7. The van der Waals surface area contributed by atoms with Crippen molar-refractivity contribution in [1.82, 2.24) is 4.90 Å². The number of hydrogen-bond acceptors (Lipinski definition) is 11. The zero-order valence-electron chi connectivity index (χ0n) is 25.7. The van der Waals surface area contributed by atoms with E-state index >= 15 is 0 Å². The number of benzene rings is 3. The minimum Gasteiger partial charge on any atom is -0.507 e. The first kappa shape index (κ1) is 32.6. The summed E-state index contributed by atoms with van der Waals surface area (Å²) >= 11 is 0. The number of phenolic OH excluding ortho intramolecular Hbond substituents is 1. The molecule has 0 aromatic heterocycles. The maximum atomic E-state index is 14.7. The van der Waals surface area contributed by atoms with Gasteiger partial charge in [0.25, 0.3) is 0 Å². The lowest BCUT2D eigenvalue weighted by Crippen LogP contribution is -2.48.